The third kappa shape index (κ3) is 3.72. The van der Waals surface area contributed by atoms with E-state index in [-0.39, 0.29) is 34.4 Å². The summed E-state index contributed by atoms with van der Waals surface area (Å²) in [7, 11) is -3.96. The average molecular weight is 333 g/mol. The number of halogens is 1. The first-order chi connectivity index (χ1) is 9.79. The number of amides is 1. The summed E-state index contributed by atoms with van der Waals surface area (Å²) in [4.78, 5) is 21.7. The van der Waals surface area contributed by atoms with Crippen LogP contribution in [-0.4, -0.2) is 38.0 Å². The van der Waals surface area contributed by atoms with Gasteiger partial charge in [0.2, 0.25) is 15.9 Å². The predicted octanol–water partition coefficient (Wildman–Crippen LogP) is 0.595. The van der Waals surface area contributed by atoms with E-state index in [0.717, 1.165) is 6.07 Å². The van der Waals surface area contributed by atoms with E-state index in [9.17, 15) is 18.0 Å². The molecule has 1 aliphatic heterocycles. The Labute approximate surface area is 126 Å². The first-order valence-electron chi connectivity index (χ1n) is 6.11. The van der Waals surface area contributed by atoms with E-state index < -0.39 is 22.0 Å². The van der Waals surface area contributed by atoms with Gasteiger partial charge in [0.05, 0.1) is 10.6 Å². The van der Waals surface area contributed by atoms with Crippen molar-refractivity contribution >= 4 is 33.5 Å². The molecule has 1 amide bonds. The van der Waals surface area contributed by atoms with Crippen LogP contribution in [0.5, 0.6) is 0 Å². The van der Waals surface area contributed by atoms with E-state index in [1.54, 1.807) is 0 Å². The van der Waals surface area contributed by atoms with Crippen molar-refractivity contribution in [1.29, 1.82) is 0 Å². The van der Waals surface area contributed by atoms with Crippen molar-refractivity contribution in [2.45, 2.75) is 23.8 Å². The van der Waals surface area contributed by atoms with E-state index in [1.165, 1.54) is 12.1 Å². The molecule has 3 N–H and O–H groups in total. The Hall–Kier alpha value is -1.64. The highest BCUT2D eigenvalue weighted by Crippen LogP contribution is 2.23. The molecule has 0 aliphatic carbocycles. The van der Waals surface area contributed by atoms with Crippen LogP contribution in [0.25, 0.3) is 0 Å². The van der Waals surface area contributed by atoms with Crippen molar-refractivity contribution < 1.29 is 23.1 Å². The van der Waals surface area contributed by atoms with Crippen LogP contribution in [0.3, 0.4) is 0 Å². The molecular weight excluding hydrogens is 320 g/mol. The van der Waals surface area contributed by atoms with Crippen molar-refractivity contribution in [3.8, 4) is 0 Å². The van der Waals surface area contributed by atoms with Gasteiger partial charge >= 0.3 is 5.97 Å². The number of carbonyl (C=O) groups excluding carboxylic acids is 1. The van der Waals surface area contributed by atoms with Gasteiger partial charge in [-0.3, -0.25) is 4.79 Å². The molecule has 0 spiro atoms. The SMILES string of the molecule is O=C1CCC(NS(=O)(=O)c2cc(C(=O)O)ccc2Cl)CN1. The number of hydrogen-bond donors (Lipinski definition) is 3. The maximum Gasteiger partial charge on any atom is 0.335 e. The smallest absolute Gasteiger partial charge is 0.335 e. The van der Waals surface area contributed by atoms with E-state index in [1.807, 2.05) is 0 Å². The third-order valence-corrected chi connectivity index (χ3v) is 5.06. The van der Waals surface area contributed by atoms with Gasteiger partial charge in [-0.25, -0.2) is 17.9 Å². The van der Waals surface area contributed by atoms with Crippen LogP contribution in [0, 0.1) is 0 Å². The second kappa shape index (κ2) is 6.00. The first-order valence-corrected chi connectivity index (χ1v) is 7.97. The highest BCUT2D eigenvalue weighted by atomic mass is 35.5. The zero-order chi connectivity index (χ0) is 15.6. The van der Waals surface area contributed by atoms with Gasteiger partial charge in [-0.2, -0.15) is 0 Å². The van der Waals surface area contributed by atoms with Gasteiger partial charge in [0.15, 0.2) is 0 Å². The van der Waals surface area contributed by atoms with Crippen molar-refractivity contribution in [3.05, 3.63) is 28.8 Å². The summed E-state index contributed by atoms with van der Waals surface area (Å²) in [6.45, 7) is 0.189. The van der Waals surface area contributed by atoms with Gasteiger partial charge < -0.3 is 10.4 Å². The summed E-state index contributed by atoms with van der Waals surface area (Å²) in [5, 5.41) is 11.4. The summed E-state index contributed by atoms with van der Waals surface area (Å²) in [5.41, 5.74) is -0.170. The second-order valence-corrected chi connectivity index (χ2v) is 6.70. The van der Waals surface area contributed by atoms with Crippen LogP contribution in [0.1, 0.15) is 23.2 Å². The number of nitrogens with one attached hydrogen (secondary N) is 2. The molecule has 0 radical (unpaired) electrons. The average Bonchev–Trinajstić information content (AvgIpc) is 2.41. The zero-order valence-electron chi connectivity index (χ0n) is 10.8. The summed E-state index contributed by atoms with van der Waals surface area (Å²) >= 11 is 5.84. The number of carbonyl (C=O) groups is 2. The molecule has 1 atom stereocenters. The Morgan fingerprint density at radius 2 is 2.14 bits per heavy atom. The lowest BCUT2D eigenvalue weighted by molar-refractivity contribution is -0.122. The molecule has 1 unspecified atom stereocenters. The molecule has 114 valence electrons. The number of piperidine rings is 1. The van der Waals surface area contributed by atoms with Crippen LogP contribution in [0.15, 0.2) is 23.1 Å². The van der Waals surface area contributed by atoms with E-state index in [4.69, 9.17) is 16.7 Å². The standard InChI is InChI=1S/C12H13ClN2O5S/c13-9-3-1-7(12(17)18)5-10(9)21(19,20)15-8-2-4-11(16)14-6-8/h1,3,5,8,15H,2,4,6H2,(H,14,16)(H,17,18). The maximum atomic E-state index is 12.3. The second-order valence-electron chi connectivity index (χ2n) is 4.61. The summed E-state index contributed by atoms with van der Waals surface area (Å²) in [5.74, 6) is -1.37. The number of aromatic carboxylic acids is 1. The summed E-state index contributed by atoms with van der Waals surface area (Å²) < 4.78 is 27.0. The quantitative estimate of drug-likeness (QED) is 0.747. The van der Waals surface area contributed by atoms with Gasteiger partial charge in [-0.1, -0.05) is 11.6 Å². The fourth-order valence-corrected chi connectivity index (χ4v) is 3.75. The topological polar surface area (TPSA) is 113 Å². The van der Waals surface area contributed by atoms with Crippen molar-refractivity contribution in [2.75, 3.05) is 6.54 Å². The molecule has 21 heavy (non-hydrogen) atoms. The molecule has 1 aliphatic rings. The largest absolute Gasteiger partial charge is 0.478 e. The molecule has 0 aromatic heterocycles. The number of sulfonamides is 1. The molecule has 0 bridgehead atoms. The number of carboxylic acid groups (broad SMARTS) is 1. The maximum absolute atomic E-state index is 12.3. The molecule has 0 saturated carbocycles. The monoisotopic (exact) mass is 332 g/mol. The van der Waals surface area contributed by atoms with Crippen molar-refractivity contribution in [3.63, 3.8) is 0 Å². The number of carboxylic acids is 1. The van der Waals surface area contributed by atoms with Crippen molar-refractivity contribution in [2.24, 2.45) is 0 Å². The van der Waals surface area contributed by atoms with Gasteiger partial charge in [0.25, 0.3) is 0 Å². The Morgan fingerprint density at radius 1 is 1.43 bits per heavy atom. The van der Waals surface area contributed by atoms with E-state index in [2.05, 4.69) is 10.0 Å². The fraction of sp³-hybridized carbons (Fsp3) is 0.333. The number of rotatable bonds is 4. The minimum absolute atomic E-state index is 0.0626. The van der Waals surface area contributed by atoms with Gasteiger partial charge in [-0.05, 0) is 24.6 Å². The Bertz CT molecular complexity index is 679. The molecule has 7 nitrogen and oxygen atoms in total. The van der Waals surface area contributed by atoms with Crippen LogP contribution in [-0.2, 0) is 14.8 Å². The minimum Gasteiger partial charge on any atom is -0.478 e. The van der Waals surface area contributed by atoms with Crippen LogP contribution in [0.2, 0.25) is 5.02 Å². The normalized spacial score (nSPS) is 19.1. The molecule has 9 heteroatoms. The molecule has 2 rings (SSSR count). The highest BCUT2D eigenvalue weighted by molar-refractivity contribution is 7.89. The molecule has 1 saturated heterocycles. The van der Waals surface area contributed by atoms with Gasteiger partial charge in [0, 0.05) is 19.0 Å². The molecule has 1 heterocycles. The van der Waals surface area contributed by atoms with Gasteiger partial charge in [0.1, 0.15) is 4.90 Å². The number of benzene rings is 1. The van der Waals surface area contributed by atoms with Crippen molar-refractivity contribution in [1.82, 2.24) is 10.0 Å². The fourth-order valence-electron chi connectivity index (χ4n) is 1.96. The van der Waals surface area contributed by atoms with Crippen LogP contribution < -0.4 is 10.0 Å². The van der Waals surface area contributed by atoms with Crippen LogP contribution in [0.4, 0.5) is 0 Å². The Kier molecular flexibility index (Phi) is 4.50. The summed E-state index contributed by atoms with van der Waals surface area (Å²) in [6.07, 6.45) is 0.609. The molecule has 1 aromatic rings. The molecule has 1 aromatic carbocycles. The molecule has 1 fully saturated rings. The lowest BCUT2D eigenvalue weighted by Crippen LogP contribution is -2.47. The Morgan fingerprint density at radius 3 is 2.71 bits per heavy atom. The summed E-state index contributed by atoms with van der Waals surface area (Å²) in [6, 6.07) is 3.01. The Balaban J connectivity index is 2.25. The highest BCUT2D eigenvalue weighted by Gasteiger charge is 2.26. The van der Waals surface area contributed by atoms with Crippen LogP contribution >= 0.6 is 11.6 Å². The van der Waals surface area contributed by atoms with E-state index >= 15 is 0 Å². The lowest BCUT2D eigenvalue weighted by Gasteiger charge is -2.23. The zero-order valence-corrected chi connectivity index (χ0v) is 12.4. The minimum atomic E-state index is -3.96. The van der Waals surface area contributed by atoms with Gasteiger partial charge in [-0.15, -0.1) is 0 Å². The third-order valence-electron chi connectivity index (χ3n) is 3.05. The van der Waals surface area contributed by atoms with E-state index in [0.29, 0.717) is 6.42 Å². The predicted molar refractivity (Wildman–Crippen MR) is 74.8 cm³/mol. The molecular formula is C12H13ClN2O5S. The number of hydrogen-bond acceptors (Lipinski definition) is 4. The lowest BCUT2D eigenvalue weighted by atomic mass is 10.1. The first kappa shape index (κ1) is 15.7.